The summed E-state index contributed by atoms with van der Waals surface area (Å²) in [6.45, 7) is 3.03. The van der Waals surface area contributed by atoms with Crippen molar-refractivity contribution in [2.45, 2.75) is 11.8 Å². The molecule has 0 aliphatic carbocycles. The summed E-state index contributed by atoms with van der Waals surface area (Å²) < 4.78 is 32.1. The summed E-state index contributed by atoms with van der Waals surface area (Å²) in [5, 5.41) is 0. The number of methoxy groups -OCH3 is 1. The number of alkyl halides is 1. The van der Waals surface area contributed by atoms with Crippen LogP contribution in [0.5, 0.6) is 5.75 Å². The Hall–Kier alpha value is -1.31. The van der Waals surface area contributed by atoms with Crippen LogP contribution in [0.25, 0.3) is 0 Å². The number of hydrogen-bond donors (Lipinski definition) is 0. The van der Waals surface area contributed by atoms with Crippen LogP contribution in [0.15, 0.2) is 23.1 Å². The van der Waals surface area contributed by atoms with E-state index in [2.05, 4.69) is 0 Å². The van der Waals surface area contributed by atoms with Crippen LogP contribution in [0.4, 0.5) is 0 Å². The maximum Gasteiger partial charge on any atom is 0.246 e. The fourth-order valence-corrected chi connectivity index (χ4v) is 4.22. The Morgan fingerprint density at radius 3 is 2.45 bits per heavy atom. The van der Waals surface area contributed by atoms with Crippen LogP contribution in [0.2, 0.25) is 0 Å². The molecule has 1 amide bonds. The molecule has 1 heterocycles. The average Bonchev–Trinajstić information content (AvgIpc) is 2.54. The molecule has 1 fully saturated rings. The Morgan fingerprint density at radius 2 is 1.91 bits per heavy atom. The van der Waals surface area contributed by atoms with Gasteiger partial charge in [-0.25, -0.2) is 8.42 Å². The van der Waals surface area contributed by atoms with Gasteiger partial charge in [-0.15, -0.1) is 11.6 Å². The first-order valence-electron chi connectivity index (χ1n) is 6.88. The highest BCUT2D eigenvalue weighted by Crippen LogP contribution is 2.28. The zero-order valence-corrected chi connectivity index (χ0v) is 14.2. The van der Waals surface area contributed by atoms with E-state index in [-0.39, 0.29) is 29.8 Å². The van der Waals surface area contributed by atoms with Gasteiger partial charge in [0, 0.05) is 26.2 Å². The highest BCUT2D eigenvalue weighted by molar-refractivity contribution is 7.89. The smallest absolute Gasteiger partial charge is 0.246 e. The summed E-state index contributed by atoms with van der Waals surface area (Å²) in [7, 11) is -2.20. The first-order chi connectivity index (χ1) is 10.4. The first kappa shape index (κ1) is 17.1. The van der Waals surface area contributed by atoms with Gasteiger partial charge in [-0.3, -0.25) is 4.79 Å². The van der Waals surface area contributed by atoms with Crippen molar-refractivity contribution < 1.29 is 17.9 Å². The molecular weight excluding hydrogens is 328 g/mol. The van der Waals surface area contributed by atoms with Gasteiger partial charge < -0.3 is 9.64 Å². The third-order valence-electron chi connectivity index (χ3n) is 3.64. The van der Waals surface area contributed by atoms with Gasteiger partial charge in [0.2, 0.25) is 15.9 Å². The molecule has 0 spiro atoms. The van der Waals surface area contributed by atoms with Crippen molar-refractivity contribution >= 4 is 27.5 Å². The van der Waals surface area contributed by atoms with Crippen molar-refractivity contribution in [1.82, 2.24) is 9.21 Å². The van der Waals surface area contributed by atoms with Gasteiger partial charge in [0.1, 0.15) is 16.5 Å². The Bertz CT molecular complexity index is 655. The van der Waals surface area contributed by atoms with Crippen LogP contribution in [-0.2, 0) is 14.8 Å². The van der Waals surface area contributed by atoms with Gasteiger partial charge in [0.25, 0.3) is 0 Å². The molecule has 1 saturated heterocycles. The molecule has 0 N–H and O–H groups in total. The maximum absolute atomic E-state index is 12.8. The molecule has 0 unspecified atom stereocenters. The fraction of sp³-hybridized carbons (Fsp3) is 0.500. The molecule has 0 aromatic heterocycles. The number of aryl methyl sites for hydroxylation is 1. The second-order valence-corrected chi connectivity index (χ2v) is 7.25. The predicted molar refractivity (Wildman–Crippen MR) is 83.8 cm³/mol. The topological polar surface area (TPSA) is 66.9 Å². The normalized spacial score (nSPS) is 16.6. The molecule has 1 aliphatic heterocycles. The van der Waals surface area contributed by atoms with E-state index in [9.17, 15) is 13.2 Å². The highest BCUT2D eigenvalue weighted by atomic mass is 35.5. The predicted octanol–water partition coefficient (Wildman–Crippen LogP) is 1.08. The summed E-state index contributed by atoms with van der Waals surface area (Å²) in [5.74, 6) is 0.0649. The quantitative estimate of drug-likeness (QED) is 0.765. The van der Waals surface area contributed by atoms with Crippen molar-refractivity contribution in [2.24, 2.45) is 0 Å². The van der Waals surface area contributed by atoms with E-state index in [4.69, 9.17) is 16.3 Å². The zero-order valence-electron chi connectivity index (χ0n) is 12.6. The van der Waals surface area contributed by atoms with Crippen molar-refractivity contribution in [3.63, 3.8) is 0 Å². The minimum absolute atomic E-state index is 0.0849. The van der Waals surface area contributed by atoms with Crippen molar-refractivity contribution in [3.05, 3.63) is 23.8 Å². The molecule has 122 valence electrons. The van der Waals surface area contributed by atoms with Crippen LogP contribution < -0.4 is 4.74 Å². The van der Waals surface area contributed by atoms with Gasteiger partial charge in [0.05, 0.1) is 7.11 Å². The van der Waals surface area contributed by atoms with E-state index in [1.54, 1.807) is 23.1 Å². The van der Waals surface area contributed by atoms with Gasteiger partial charge in [0.15, 0.2) is 0 Å². The molecule has 0 bridgehead atoms. The first-order valence-corrected chi connectivity index (χ1v) is 8.86. The second kappa shape index (κ2) is 6.85. The van der Waals surface area contributed by atoms with E-state index in [1.165, 1.54) is 11.4 Å². The third-order valence-corrected chi connectivity index (χ3v) is 5.79. The van der Waals surface area contributed by atoms with Crippen LogP contribution in [-0.4, -0.2) is 62.7 Å². The Kier molecular flexibility index (Phi) is 5.31. The number of hydrogen-bond acceptors (Lipinski definition) is 4. The number of amides is 1. The van der Waals surface area contributed by atoms with Crippen LogP contribution in [0.3, 0.4) is 0 Å². The lowest BCUT2D eigenvalue weighted by atomic mass is 10.2. The summed E-state index contributed by atoms with van der Waals surface area (Å²) in [5.41, 5.74) is 0.843. The fourth-order valence-electron chi connectivity index (χ4n) is 2.39. The van der Waals surface area contributed by atoms with Crippen LogP contribution in [0, 0.1) is 6.92 Å². The number of sulfonamides is 1. The Morgan fingerprint density at radius 1 is 1.27 bits per heavy atom. The van der Waals surface area contributed by atoms with E-state index in [1.807, 2.05) is 6.92 Å². The number of halogens is 1. The molecule has 0 atom stereocenters. The third kappa shape index (κ3) is 3.37. The molecule has 1 aliphatic rings. The molecular formula is C14H19ClN2O4S. The SMILES string of the molecule is COc1ccc(C)cc1S(=O)(=O)N1CCN(C(=O)CCl)CC1. The van der Waals surface area contributed by atoms with Gasteiger partial charge >= 0.3 is 0 Å². The van der Waals surface area contributed by atoms with Crippen molar-refractivity contribution in [2.75, 3.05) is 39.2 Å². The average molecular weight is 347 g/mol. The highest BCUT2D eigenvalue weighted by Gasteiger charge is 2.31. The molecule has 22 heavy (non-hydrogen) atoms. The lowest BCUT2D eigenvalue weighted by Crippen LogP contribution is -2.50. The Balaban J connectivity index is 2.22. The van der Waals surface area contributed by atoms with Crippen molar-refractivity contribution in [3.8, 4) is 5.75 Å². The largest absolute Gasteiger partial charge is 0.495 e. The summed E-state index contributed by atoms with van der Waals surface area (Å²) in [4.78, 5) is 13.3. The summed E-state index contributed by atoms with van der Waals surface area (Å²) >= 11 is 5.52. The molecule has 0 saturated carbocycles. The summed E-state index contributed by atoms with van der Waals surface area (Å²) in [6.07, 6.45) is 0. The number of carbonyl (C=O) groups is 1. The van der Waals surface area contributed by atoms with Crippen LogP contribution in [0.1, 0.15) is 5.56 Å². The summed E-state index contributed by atoms with van der Waals surface area (Å²) in [6, 6.07) is 5.05. The maximum atomic E-state index is 12.8. The van der Waals surface area contributed by atoms with Gasteiger partial charge in [-0.05, 0) is 24.6 Å². The number of rotatable bonds is 4. The molecule has 1 aromatic carbocycles. The molecule has 0 radical (unpaired) electrons. The molecule has 8 heteroatoms. The van der Waals surface area contributed by atoms with Crippen LogP contribution >= 0.6 is 11.6 Å². The minimum Gasteiger partial charge on any atom is -0.495 e. The number of carbonyl (C=O) groups excluding carboxylic acids is 1. The molecule has 1 aromatic rings. The monoisotopic (exact) mass is 346 g/mol. The Labute approximate surface area is 135 Å². The molecule has 6 nitrogen and oxygen atoms in total. The van der Waals surface area contributed by atoms with E-state index < -0.39 is 10.0 Å². The molecule has 2 rings (SSSR count). The second-order valence-electron chi connectivity index (χ2n) is 5.07. The van der Waals surface area contributed by atoms with E-state index in [0.717, 1.165) is 5.56 Å². The number of benzene rings is 1. The number of ether oxygens (including phenoxy) is 1. The lowest BCUT2D eigenvalue weighted by Gasteiger charge is -2.33. The zero-order chi connectivity index (χ0) is 16.3. The van der Waals surface area contributed by atoms with Gasteiger partial charge in [-0.2, -0.15) is 4.31 Å². The lowest BCUT2D eigenvalue weighted by molar-refractivity contribution is -0.129. The van der Waals surface area contributed by atoms with Gasteiger partial charge in [-0.1, -0.05) is 6.07 Å². The van der Waals surface area contributed by atoms with E-state index in [0.29, 0.717) is 18.8 Å². The van der Waals surface area contributed by atoms with E-state index >= 15 is 0 Å². The number of piperazine rings is 1. The van der Waals surface area contributed by atoms with Crippen molar-refractivity contribution in [1.29, 1.82) is 0 Å². The standard InChI is InChI=1S/C14H19ClN2O4S/c1-11-3-4-12(21-2)13(9-11)22(19,20)17-7-5-16(6-8-17)14(18)10-15/h3-4,9H,5-8,10H2,1-2H3. The minimum atomic E-state index is -3.65. The number of nitrogens with zero attached hydrogens (tertiary/aromatic N) is 2.